The van der Waals surface area contributed by atoms with Crippen LogP contribution in [-0.4, -0.2) is 29.8 Å². The Morgan fingerprint density at radius 2 is 1.61 bits per heavy atom. The molecule has 2 atom stereocenters. The molecule has 0 bridgehead atoms. The van der Waals surface area contributed by atoms with Gasteiger partial charge in [0.15, 0.2) is 0 Å². The predicted molar refractivity (Wildman–Crippen MR) is 132 cm³/mol. The van der Waals surface area contributed by atoms with Gasteiger partial charge in [0, 0.05) is 13.1 Å². The Bertz CT molecular complexity index is 1070. The minimum Gasteiger partial charge on any atom is -0.345 e. The number of nitrogens with zero attached hydrogens (tertiary/aromatic N) is 1. The Balaban J connectivity index is 1.39. The molecule has 5 heteroatoms. The molecule has 2 N–H and O–H groups in total. The van der Waals surface area contributed by atoms with Gasteiger partial charge in [0.25, 0.3) is 5.91 Å². The second-order valence-electron chi connectivity index (χ2n) is 8.70. The van der Waals surface area contributed by atoms with E-state index in [1.807, 2.05) is 67.6 Å². The van der Waals surface area contributed by atoms with E-state index in [1.54, 1.807) is 12.1 Å². The third-order valence-electron chi connectivity index (χ3n) is 6.20. The average molecular weight is 442 g/mol. The van der Waals surface area contributed by atoms with E-state index in [0.717, 1.165) is 38.0 Å². The molecule has 170 valence electrons. The van der Waals surface area contributed by atoms with Gasteiger partial charge in [-0.05, 0) is 49.6 Å². The molecule has 0 radical (unpaired) electrons. The van der Waals surface area contributed by atoms with Gasteiger partial charge in [0.05, 0.1) is 23.2 Å². The maximum Gasteiger partial charge on any atom is 0.253 e. The smallest absolute Gasteiger partial charge is 0.253 e. The van der Waals surface area contributed by atoms with Gasteiger partial charge >= 0.3 is 0 Å². The first-order valence-electron chi connectivity index (χ1n) is 11.6. The van der Waals surface area contributed by atoms with Crippen LogP contribution in [0.3, 0.4) is 0 Å². The van der Waals surface area contributed by atoms with Gasteiger partial charge in [-0.15, -0.1) is 0 Å². The summed E-state index contributed by atoms with van der Waals surface area (Å²) in [4.78, 5) is 28.4. The monoisotopic (exact) mass is 441 g/mol. The largest absolute Gasteiger partial charge is 0.345 e. The van der Waals surface area contributed by atoms with E-state index >= 15 is 0 Å². The normalized spacial score (nSPS) is 17.2. The number of carbonyl (C=O) groups excluding carboxylic acids is 2. The summed E-state index contributed by atoms with van der Waals surface area (Å²) in [7, 11) is 0. The second kappa shape index (κ2) is 10.9. The van der Waals surface area contributed by atoms with Gasteiger partial charge in [-0.1, -0.05) is 72.8 Å². The molecule has 0 aliphatic carbocycles. The molecular weight excluding hydrogens is 410 g/mol. The third kappa shape index (κ3) is 6.08. The highest BCUT2D eigenvalue weighted by Crippen LogP contribution is 2.23. The van der Waals surface area contributed by atoms with Gasteiger partial charge in [0.1, 0.15) is 0 Å². The Hall–Kier alpha value is -3.44. The van der Waals surface area contributed by atoms with Crippen LogP contribution in [0, 0.1) is 5.92 Å². The molecule has 1 aliphatic rings. The van der Waals surface area contributed by atoms with Crippen LogP contribution >= 0.6 is 0 Å². The molecule has 0 aromatic heterocycles. The van der Waals surface area contributed by atoms with Gasteiger partial charge in [-0.25, -0.2) is 0 Å². The lowest BCUT2D eigenvalue weighted by Gasteiger charge is -2.32. The van der Waals surface area contributed by atoms with Crippen molar-refractivity contribution in [3.63, 3.8) is 0 Å². The minimum atomic E-state index is -0.198. The van der Waals surface area contributed by atoms with Crippen LogP contribution in [0.4, 0.5) is 5.69 Å². The van der Waals surface area contributed by atoms with Crippen molar-refractivity contribution in [2.24, 2.45) is 5.92 Å². The summed E-state index contributed by atoms with van der Waals surface area (Å²) in [6, 6.07) is 27.3. The first-order valence-corrected chi connectivity index (χ1v) is 11.6. The number of hydrogen-bond acceptors (Lipinski definition) is 3. The highest BCUT2D eigenvalue weighted by atomic mass is 16.2. The first-order chi connectivity index (χ1) is 16.1. The quantitative estimate of drug-likeness (QED) is 0.541. The van der Waals surface area contributed by atoms with Crippen molar-refractivity contribution in [3.05, 3.63) is 102 Å². The number of rotatable bonds is 7. The van der Waals surface area contributed by atoms with Gasteiger partial charge < -0.3 is 10.6 Å². The average Bonchev–Trinajstić information content (AvgIpc) is 2.85. The van der Waals surface area contributed by atoms with Crippen LogP contribution in [0.15, 0.2) is 84.9 Å². The van der Waals surface area contributed by atoms with Crippen LogP contribution in [0.1, 0.15) is 47.3 Å². The number of carbonyl (C=O) groups is 2. The zero-order valence-electron chi connectivity index (χ0n) is 19.0. The molecule has 4 rings (SSSR count). The number of amides is 2. The van der Waals surface area contributed by atoms with Crippen molar-refractivity contribution in [1.82, 2.24) is 10.2 Å². The summed E-state index contributed by atoms with van der Waals surface area (Å²) < 4.78 is 0. The molecule has 33 heavy (non-hydrogen) atoms. The topological polar surface area (TPSA) is 61.4 Å². The molecule has 3 aromatic carbocycles. The number of hydrogen-bond donors (Lipinski definition) is 2. The highest BCUT2D eigenvalue weighted by molar-refractivity contribution is 6.04. The summed E-state index contributed by atoms with van der Waals surface area (Å²) >= 11 is 0. The first kappa shape index (κ1) is 22.7. The molecule has 2 amide bonds. The fraction of sp³-hybridized carbons (Fsp3) is 0.286. The maximum atomic E-state index is 13.1. The van der Waals surface area contributed by atoms with Gasteiger partial charge in [-0.2, -0.15) is 0 Å². The number of nitrogens with one attached hydrogen (secondary N) is 2. The molecule has 2 unspecified atom stereocenters. The molecule has 1 saturated heterocycles. The summed E-state index contributed by atoms with van der Waals surface area (Å²) in [5, 5.41) is 6.07. The van der Waals surface area contributed by atoms with Crippen LogP contribution in [-0.2, 0) is 11.3 Å². The highest BCUT2D eigenvalue weighted by Gasteiger charge is 2.27. The van der Waals surface area contributed by atoms with Crippen LogP contribution in [0.5, 0.6) is 0 Å². The summed E-state index contributed by atoms with van der Waals surface area (Å²) in [5.41, 5.74) is 3.33. The number of anilines is 1. The summed E-state index contributed by atoms with van der Waals surface area (Å²) in [5.74, 6) is -0.317. The molecule has 1 heterocycles. The van der Waals surface area contributed by atoms with Gasteiger partial charge in [0.2, 0.25) is 5.91 Å². The lowest BCUT2D eigenvalue weighted by atomic mass is 9.96. The number of para-hydroxylation sites is 1. The summed E-state index contributed by atoms with van der Waals surface area (Å²) in [6.45, 7) is 4.52. The lowest BCUT2D eigenvalue weighted by Crippen LogP contribution is -2.40. The molecule has 0 saturated carbocycles. The lowest BCUT2D eigenvalue weighted by molar-refractivity contribution is -0.121. The minimum absolute atomic E-state index is 0.0240. The van der Waals surface area contributed by atoms with Crippen molar-refractivity contribution in [2.45, 2.75) is 32.4 Å². The Labute approximate surface area is 195 Å². The summed E-state index contributed by atoms with van der Waals surface area (Å²) in [6.07, 6.45) is 1.85. The Morgan fingerprint density at radius 3 is 2.36 bits per heavy atom. The molecule has 1 fully saturated rings. The molecule has 0 spiro atoms. The van der Waals surface area contributed by atoms with Gasteiger partial charge in [-0.3, -0.25) is 14.5 Å². The third-order valence-corrected chi connectivity index (χ3v) is 6.20. The Morgan fingerprint density at radius 1 is 0.939 bits per heavy atom. The van der Waals surface area contributed by atoms with E-state index in [0.29, 0.717) is 11.3 Å². The van der Waals surface area contributed by atoms with E-state index in [2.05, 4.69) is 27.7 Å². The molecular formula is C28H31N3O2. The van der Waals surface area contributed by atoms with E-state index in [-0.39, 0.29) is 23.8 Å². The van der Waals surface area contributed by atoms with Crippen molar-refractivity contribution in [2.75, 3.05) is 18.4 Å². The zero-order valence-corrected chi connectivity index (χ0v) is 19.0. The Kier molecular flexibility index (Phi) is 7.53. The van der Waals surface area contributed by atoms with Crippen LogP contribution in [0.25, 0.3) is 0 Å². The number of benzene rings is 3. The predicted octanol–water partition coefficient (Wildman–Crippen LogP) is 5.03. The molecule has 5 nitrogen and oxygen atoms in total. The number of piperidine rings is 1. The fourth-order valence-electron chi connectivity index (χ4n) is 4.38. The van der Waals surface area contributed by atoms with E-state index in [1.165, 1.54) is 5.56 Å². The number of likely N-dealkylation sites (tertiary alicyclic amines) is 1. The fourth-order valence-corrected chi connectivity index (χ4v) is 4.38. The van der Waals surface area contributed by atoms with E-state index < -0.39 is 0 Å². The molecule has 3 aromatic rings. The standard InChI is InChI=1S/C28H31N3O2/c1-21(23-13-6-3-7-14-23)29-28(33)25-16-8-9-17-26(25)30-27(32)24-15-10-18-31(20-24)19-22-11-4-2-5-12-22/h2-9,11-14,16-17,21,24H,10,15,18-20H2,1H3,(H,29,33)(H,30,32). The molecule has 1 aliphatic heterocycles. The van der Waals surface area contributed by atoms with E-state index in [9.17, 15) is 9.59 Å². The van der Waals surface area contributed by atoms with Crippen molar-refractivity contribution >= 4 is 17.5 Å². The maximum absolute atomic E-state index is 13.1. The SMILES string of the molecule is CC(NC(=O)c1ccccc1NC(=O)C1CCCN(Cc2ccccc2)C1)c1ccccc1. The van der Waals surface area contributed by atoms with E-state index in [4.69, 9.17) is 0 Å². The van der Waals surface area contributed by atoms with Crippen molar-refractivity contribution < 1.29 is 9.59 Å². The van der Waals surface area contributed by atoms with Crippen molar-refractivity contribution in [1.29, 1.82) is 0 Å². The zero-order chi connectivity index (χ0) is 23.0. The van der Waals surface area contributed by atoms with Crippen LogP contribution in [0.2, 0.25) is 0 Å². The second-order valence-corrected chi connectivity index (χ2v) is 8.70. The van der Waals surface area contributed by atoms with Crippen LogP contribution < -0.4 is 10.6 Å². The van der Waals surface area contributed by atoms with Crippen molar-refractivity contribution in [3.8, 4) is 0 Å².